The molecule has 0 saturated carbocycles. The van der Waals surface area contributed by atoms with Crippen molar-refractivity contribution in [2.75, 3.05) is 13.1 Å². The Morgan fingerprint density at radius 3 is 1.88 bits per heavy atom. The first-order chi connectivity index (χ1) is 7.56. The molecule has 10 heteroatoms. The molecule has 0 aliphatic carbocycles. The van der Waals surface area contributed by atoms with Crippen LogP contribution in [0.2, 0.25) is 0 Å². The molecule has 0 aliphatic heterocycles. The zero-order valence-corrected chi connectivity index (χ0v) is 11.3. The molecule has 0 aromatic rings. The van der Waals surface area contributed by atoms with Gasteiger partial charge >= 0.3 is 15.2 Å². The highest BCUT2D eigenvalue weighted by Crippen LogP contribution is 2.66. The third-order valence-corrected chi connectivity index (χ3v) is 6.00. The molecule has 0 amide bonds. The van der Waals surface area contributed by atoms with E-state index in [-0.39, 0.29) is 0 Å². The van der Waals surface area contributed by atoms with Crippen molar-refractivity contribution in [1.29, 1.82) is 0 Å². The standard InChI is InChI=1S/C7H19NO7P2/c1-2-3-4-5-8-6-7(9,16(10,11)12)17(13,14)15/h8-9H,2-6H2,1H3,(H2,10,11,12)(H2,13,14,15). The second-order valence-electron chi connectivity index (χ2n) is 3.75. The molecule has 17 heavy (non-hydrogen) atoms. The van der Waals surface area contributed by atoms with E-state index >= 15 is 0 Å². The monoisotopic (exact) mass is 291 g/mol. The minimum absolute atomic E-state index is 0.316. The molecular weight excluding hydrogens is 272 g/mol. The fourth-order valence-corrected chi connectivity index (χ4v) is 3.12. The zero-order valence-electron chi connectivity index (χ0n) is 9.48. The Hall–Kier alpha value is 0.220. The van der Waals surface area contributed by atoms with E-state index < -0.39 is 26.8 Å². The van der Waals surface area contributed by atoms with Crippen molar-refractivity contribution >= 4 is 15.2 Å². The van der Waals surface area contributed by atoms with Crippen LogP contribution in [0.15, 0.2) is 0 Å². The first-order valence-electron chi connectivity index (χ1n) is 5.10. The second kappa shape index (κ2) is 6.41. The van der Waals surface area contributed by atoms with E-state index in [1.807, 2.05) is 6.92 Å². The van der Waals surface area contributed by atoms with Gasteiger partial charge in [0.05, 0.1) is 0 Å². The van der Waals surface area contributed by atoms with E-state index in [0.717, 1.165) is 12.8 Å². The van der Waals surface area contributed by atoms with Crippen LogP contribution in [-0.2, 0) is 9.13 Å². The van der Waals surface area contributed by atoms with Crippen molar-refractivity contribution in [3.63, 3.8) is 0 Å². The van der Waals surface area contributed by atoms with E-state index in [1.165, 1.54) is 0 Å². The van der Waals surface area contributed by atoms with Gasteiger partial charge in [-0.1, -0.05) is 19.8 Å². The number of unbranched alkanes of at least 4 members (excludes halogenated alkanes) is 2. The smallest absolute Gasteiger partial charge is 0.367 e. The molecule has 0 rings (SSSR count). The Morgan fingerprint density at radius 2 is 1.53 bits per heavy atom. The first kappa shape index (κ1) is 17.2. The Labute approximate surface area is 99.4 Å². The van der Waals surface area contributed by atoms with Gasteiger partial charge in [-0.2, -0.15) is 0 Å². The Morgan fingerprint density at radius 1 is 1.06 bits per heavy atom. The summed E-state index contributed by atoms with van der Waals surface area (Å²) in [6.07, 6.45) is 2.50. The first-order valence-corrected chi connectivity index (χ1v) is 8.33. The molecule has 0 saturated heterocycles. The van der Waals surface area contributed by atoms with Crippen molar-refractivity contribution in [3.8, 4) is 0 Å². The van der Waals surface area contributed by atoms with E-state index in [1.54, 1.807) is 0 Å². The van der Waals surface area contributed by atoms with Gasteiger partial charge in [-0.3, -0.25) is 9.13 Å². The third kappa shape index (κ3) is 4.77. The van der Waals surface area contributed by atoms with E-state index in [9.17, 15) is 14.2 Å². The fraction of sp³-hybridized carbons (Fsp3) is 1.00. The molecule has 0 atom stereocenters. The summed E-state index contributed by atoms with van der Waals surface area (Å²) in [5, 5.41) is 8.54. The average molecular weight is 291 g/mol. The molecule has 0 aromatic heterocycles. The quantitative estimate of drug-likeness (QED) is 0.265. The maximum Gasteiger partial charge on any atom is 0.370 e. The van der Waals surface area contributed by atoms with E-state index in [4.69, 9.17) is 19.6 Å². The summed E-state index contributed by atoms with van der Waals surface area (Å²) >= 11 is 0. The minimum atomic E-state index is -5.33. The molecule has 0 spiro atoms. The summed E-state index contributed by atoms with van der Waals surface area (Å²) in [6.45, 7) is 1.42. The summed E-state index contributed by atoms with van der Waals surface area (Å²) in [5.41, 5.74) is 0. The Kier molecular flexibility index (Phi) is 6.49. The second-order valence-corrected chi connectivity index (χ2v) is 7.75. The molecule has 8 nitrogen and oxygen atoms in total. The minimum Gasteiger partial charge on any atom is -0.367 e. The van der Waals surface area contributed by atoms with Crippen LogP contribution in [0.25, 0.3) is 0 Å². The third-order valence-electron chi connectivity index (χ3n) is 2.25. The number of hydrogen-bond donors (Lipinski definition) is 6. The maximum atomic E-state index is 10.9. The molecule has 0 radical (unpaired) electrons. The highest BCUT2D eigenvalue weighted by molar-refractivity contribution is 7.72. The van der Waals surface area contributed by atoms with Gasteiger partial charge in [0.1, 0.15) is 0 Å². The lowest BCUT2D eigenvalue weighted by molar-refractivity contribution is 0.129. The van der Waals surface area contributed by atoms with Crippen LogP contribution in [0.5, 0.6) is 0 Å². The largest absolute Gasteiger partial charge is 0.370 e. The molecule has 0 fully saturated rings. The molecule has 0 aliphatic rings. The molecule has 104 valence electrons. The lowest BCUT2D eigenvalue weighted by Crippen LogP contribution is -2.40. The van der Waals surface area contributed by atoms with Gasteiger partial charge in [0.15, 0.2) is 0 Å². The number of hydrogen-bond acceptors (Lipinski definition) is 4. The van der Waals surface area contributed by atoms with Gasteiger partial charge in [-0.15, -0.1) is 0 Å². The molecule has 6 N–H and O–H groups in total. The lowest BCUT2D eigenvalue weighted by Gasteiger charge is -2.29. The summed E-state index contributed by atoms with van der Waals surface area (Å²) in [5.74, 6) is 0. The molecule has 0 heterocycles. The average Bonchev–Trinajstić information content (AvgIpc) is 2.13. The van der Waals surface area contributed by atoms with E-state index in [2.05, 4.69) is 5.32 Å². The summed E-state index contributed by atoms with van der Waals surface area (Å²) in [7, 11) is -10.7. The fourth-order valence-electron chi connectivity index (χ4n) is 1.13. The van der Waals surface area contributed by atoms with Crippen molar-refractivity contribution in [2.45, 2.75) is 31.3 Å². The molecule has 0 aromatic carbocycles. The van der Waals surface area contributed by atoms with Crippen LogP contribution in [0, 0.1) is 0 Å². The highest BCUT2D eigenvalue weighted by Gasteiger charge is 2.59. The van der Waals surface area contributed by atoms with Gasteiger partial charge in [0.2, 0.25) is 0 Å². The van der Waals surface area contributed by atoms with Gasteiger partial charge in [0.25, 0.3) is 5.08 Å². The lowest BCUT2D eigenvalue weighted by atomic mass is 10.2. The number of rotatable bonds is 8. The van der Waals surface area contributed by atoms with Crippen LogP contribution >= 0.6 is 15.2 Å². The molecule has 0 bridgehead atoms. The Bertz CT molecular complexity index is 300. The van der Waals surface area contributed by atoms with Crippen LogP contribution in [0.1, 0.15) is 26.2 Å². The van der Waals surface area contributed by atoms with Crippen LogP contribution in [-0.4, -0.2) is 42.9 Å². The van der Waals surface area contributed by atoms with Crippen LogP contribution in [0.4, 0.5) is 0 Å². The normalized spacial score (nSPS) is 14.0. The van der Waals surface area contributed by atoms with Gasteiger partial charge < -0.3 is 30.0 Å². The maximum absolute atomic E-state index is 10.9. The topological polar surface area (TPSA) is 147 Å². The zero-order chi connectivity index (χ0) is 13.7. The summed E-state index contributed by atoms with van der Waals surface area (Å²) in [6, 6.07) is 0. The van der Waals surface area contributed by atoms with E-state index in [0.29, 0.717) is 13.0 Å². The summed E-state index contributed by atoms with van der Waals surface area (Å²) in [4.78, 5) is 35.2. The Balaban J connectivity index is 4.55. The van der Waals surface area contributed by atoms with Crippen LogP contribution in [0.3, 0.4) is 0 Å². The summed E-state index contributed by atoms with van der Waals surface area (Å²) < 4.78 is 21.9. The van der Waals surface area contributed by atoms with Gasteiger partial charge in [-0.25, -0.2) is 0 Å². The SMILES string of the molecule is CCCCCNCC(O)(P(=O)(O)O)P(=O)(O)O. The number of nitrogens with one attached hydrogen (secondary N) is 1. The van der Waals surface area contributed by atoms with Crippen molar-refractivity contribution in [2.24, 2.45) is 0 Å². The predicted octanol–water partition coefficient (Wildman–Crippen LogP) is -0.232. The highest BCUT2D eigenvalue weighted by atomic mass is 31.2. The van der Waals surface area contributed by atoms with Crippen molar-refractivity contribution in [1.82, 2.24) is 5.32 Å². The van der Waals surface area contributed by atoms with Gasteiger partial charge in [0, 0.05) is 6.54 Å². The van der Waals surface area contributed by atoms with Gasteiger partial charge in [-0.05, 0) is 13.0 Å². The molecular formula is C7H19NO7P2. The molecule has 0 unspecified atom stereocenters. The number of aliphatic hydroxyl groups is 1. The predicted molar refractivity (Wildman–Crippen MR) is 61.4 cm³/mol. The van der Waals surface area contributed by atoms with Crippen molar-refractivity contribution in [3.05, 3.63) is 0 Å². The van der Waals surface area contributed by atoms with Crippen LogP contribution < -0.4 is 5.32 Å². The van der Waals surface area contributed by atoms with Crippen molar-refractivity contribution < 1.29 is 33.8 Å².